The molecule has 0 spiro atoms. The van der Waals surface area contributed by atoms with E-state index >= 15 is 0 Å². The van der Waals surface area contributed by atoms with Gasteiger partial charge in [-0.1, -0.05) is 58.0 Å². The Morgan fingerprint density at radius 1 is 0.857 bits per heavy atom. The van der Waals surface area contributed by atoms with Crippen molar-refractivity contribution in [3.05, 3.63) is 35.9 Å². The number of carboxylic acids is 1. The second kappa shape index (κ2) is 15.1. The van der Waals surface area contributed by atoms with Crippen LogP contribution in [0.4, 0.5) is 0 Å². The SMILES string of the molecule is CC(C)C[C@H](NC(=O)[C@@H](N)CC(C)C)C(=O)N1CCC[C@H]1C(=O)N1CCC[C@H]1C(=O)N[C@@H](Cc1ccccc1)C(=O)O. The van der Waals surface area contributed by atoms with Gasteiger partial charge in [0.05, 0.1) is 6.04 Å². The minimum Gasteiger partial charge on any atom is -0.480 e. The van der Waals surface area contributed by atoms with Gasteiger partial charge in [0, 0.05) is 19.5 Å². The molecule has 5 atom stereocenters. The minimum absolute atomic E-state index is 0.113. The first-order valence-electron chi connectivity index (χ1n) is 15.1. The molecule has 0 saturated carbocycles. The van der Waals surface area contributed by atoms with Gasteiger partial charge < -0.3 is 31.3 Å². The van der Waals surface area contributed by atoms with Gasteiger partial charge in [-0.2, -0.15) is 0 Å². The van der Waals surface area contributed by atoms with Crippen molar-refractivity contribution in [1.82, 2.24) is 20.4 Å². The number of nitrogens with two attached hydrogens (primary N) is 1. The summed E-state index contributed by atoms with van der Waals surface area (Å²) in [4.78, 5) is 68.6. The quantitative estimate of drug-likeness (QED) is 0.274. The molecule has 0 bridgehead atoms. The first kappa shape index (κ1) is 33.0. The van der Waals surface area contributed by atoms with Gasteiger partial charge in [-0.3, -0.25) is 19.2 Å². The normalized spacial score (nSPS) is 20.8. The second-order valence-corrected chi connectivity index (χ2v) is 12.4. The maximum atomic E-state index is 13.8. The minimum atomic E-state index is -1.15. The van der Waals surface area contributed by atoms with Crippen LogP contribution in [-0.4, -0.2) is 87.8 Å². The molecule has 1 aromatic rings. The highest BCUT2D eigenvalue weighted by Crippen LogP contribution is 2.26. The molecule has 4 amide bonds. The summed E-state index contributed by atoms with van der Waals surface area (Å²) < 4.78 is 0. The Hall–Kier alpha value is -3.47. The highest BCUT2D eigenvalue weighted by Gasteiger charge is 2.44. The molecule has 2 aliphatic heterocycles. The van der Waals surface area contributed by atoms with E-state index in [1.165, 1.54) is 9.80 Å². The summed E-state index contributed by atoms with van der Waals surface area (Å²) in [6.07, 6.45) is 3.11. The van der Waals surface area contributed by atoms with Gasteiger partial charge in [-0.15, -0.1) is 0 Å². The predicted octanol–water partition coefficient (Wildman–Crippen LogP) is 1.68. The number of rotatable bonds is 13. The van der Waals surface area contributed by atoms with Crippen molar-refractivity contribution >= 4 is 29.6 Å². The fourth-order valence-corrected chi connectivity index (χ4v) is 5.89. The summed E-state index contributed by atoms with van der Waals surface area (Å²) in [5, 5.41) is 15.2. The number of aliphatic carboxylic acids is 1. The third kappa shape index (κ3) is 8.77. The van der Waals surface area contributed by atoms with Gasteiger partial charge in [0.2, 0.25) is 23.6 Å². The number of likely N-dealkylation sites (tertiary alicyclic amines) is 2. The van der Waals surface area contributed by atoms with Crippen LogP contribution >= 0.6 is 0 Å². The van der Waals surface area contributed by atoms with Gasteiger partial charge in [-0.25, -0.2) is 4.79 Å². The van der Waals surface area contributed by atoms with Gasteiger partial charge in [0.25, 0.3) is 0 Å². The van der Waals surface area contributed by atoms with E-state index in [0.717, 1.165) is 5.56 Å². The van der Waals surface area contributed by atoms with Crippen molar-refractivity contribution in [2.24, 2.45) is 17.6 Å². The molecule has 2 fully saturated rings. The number of hydrogen-bond donors (Lipinski definition) is 4. The molecule has 0 aromatic heterocycles. The highest BCUT2D eigenvalue weighted by molar-refractivity contribution is 5.96. The number of carboxylic acid groups (broad SMARTS) is 1. The molecule has 232 valence electrons. The van der Waals surface area contributed by atoms with E-state index in [1.54, 1.807) is 24.3 Å². The summed E-state index contributed by atoms with van der Waals surface area (Å²) in [7, 11) is 0. The van der Waals surface area contributed by atoms with Crippen LogP contribution in [0.15, 0.2) is 30.3 Å². The molecule has 42 heavy (non-hydrogen) atoms. The van der Waals surface area contributed by atoms with E-state index in [1.807, 2.05) is 33.8 Å². The largest absolute Gasteiger partial charge is 0.480 e. The van der Waals surface area contributed by atoms with Crippen LogP contribution < -0.4 is 16.4 Å². The fourth-order valence-electron chi connectivity index (χ4n) is 5.89. The van der Waals surface area contributed by atoms with Crippen molar-refractivity contribution in [2.75, 3.05) is 13.1 Å². The third-order valence-corrected chi connectivity index (χ3v) is 7.94. The first-order valence-corrected chi connectivity index (χ1v) is 15.1. The molecule has 11 heteroatoms. The molecular weight excluding hydrogens is 538 g/mol. The zero-order valence-corrected chi connectivity index (χ0v) is 25.3. The molecule has 0 aliphatic carbocycles. The standard InChI is InChI=1S/C31H47N5O6/c1-19(2)16-22(32)27(37)33-23(17-20(3)4)29(39)36-15-9-13-26(36)30(40)35-14-8-12-25(35)28(38)34-24(31(41)42)18-21-10-6-5-7-11-21/h5-7,10-11,19-20,22-26H,8-9,12-18,32H2,1-4H3,(H,33,37)(H,34,38)(H,41,42)/t22-,23-,24-,25-,26-/m0/s1. The Morgan fingerprint density at radius 2 is 1.45 bits per heavy atom. The molecule has 0 unspecified atom stereocenters. The fraction of sp³-hybridized carbons (Fsp3) is 0.645. The Labute approximate surface area is 248 Å². The lowest BCUT2D eigenvalue weighted by Crippen LogP contribution is -2.58. The molecule has 3 rings (SSSR count). The lowest BCUT2D eigenvalue weighted by atomic mass is 10.00. The molecular formula is C31H47N5O6. The smallest absolute Gasteiger partial charge is 0.326 e. The second-order valence-electron chi connectivity index (χ2n) is 12.4. The number of hydrogen-bond acceptors (Lipinski definition) is 6. The van der Waals surface area contributed by atoms with Crippen LogP contribution in [0.2, 0.25) is 0 Å². The number of carbonyl (C=O) groups excluding carboxylic acids is 4. The summed E-state index contributed by atoms with van der Waals surface area (Å²) in [5.41, 5.74) is 6.85. The van der Waals surface area contributed by atoms with E-state index in [0.29, 0.717) is 51.6 Å². The molecule has 5 N–H and O–H groups in total. The van der Waals surface area contributed by atoms with Crippen molar-refractivity contribution in [2.45, 2.75) is 103 Å². The topological polar surface area (TPSA) is 162 Å². The summed E-state index contributed by atoms with van der Waals surface area (Å²) >= 11 is 0. The highest BCUT2D eigenvalue weighted by atomic mass is 16.4. The van der Waals surface area contributed by atoms with Crippen LogP contribution in [0.1, 0.15) is 71.8 Å². The number of nitrogens with one attached hydrogen (secondary N) is 2. The zero-order valence-electron chi connectivity index (χ0n) is 25.3. The Kier molecular flexibility index (Phi) is 11.9. The van der Waals surface area contributed by atoms with Crippen molar-refractivity contribution in [3.63, 3.8) is 0 Å². The number of benzene rings is 1. The van der Waals surface area contributed by atoms with Gasteiger partial charge >= 0.3 is 5.97 Å². The molecule has 2 saturated heterocycles. The lowest BCUT2D eigenvalue weighted by molar-refractivity contribution is -0.149. The predicted molar refractivity (Wildman–Crippen MR) is 158 cm³/mol. The number of amides is 4. The number of carbonyl (C=O) groups is 5. The maximum Gasteiger partial charge on any atom is 0.326 e. The van der Waals surface area contributed by atoms with Gasteiger partial charge in [-0.05, 0) is 55.9 Å². The Morgan fingerprint density at radius 3 is 2.05 bits per heavy atom. The van der Waals surface area contributed by atoms with Gasteiger partial charge in [0.15, 0.2) is 0 Å². The summed E-state index contributed by atoms with van der Waals surface area (Å²) in [5.74, 6) is -2.35. The average molecular weight is 586 g/mol. The summed E-state index contributed by atoms with van der Waals surface area (Å²) in [6.45, 7) is 8.59. The van der Waals surface area contributed by atoms with Crippen LogP contribution in [0.5, 0.6) is 0 Å². The van der Waals surface area contributed by atoms with E-state index < -0.39 is 42.1 Å². The Balaban J connectivity index is 1.71. The van der Waals surface area contributed by atoms with Crippen molar-refractivity contribution < 1.29 is 29.1 Å². The van der Waals surface area contributed by atoms with Gasteiger partial charge in [0.1, 0.15) is 24.2 Å². The van der Waals surface area contributed by atoms with Crippen molar-refractivity contribution in [1.29, 1.82) is 0 Å². The van der Waals surface area contributed by atoms with E-state index in [-0.39, 0.29) is 36.0 Å². The monoisotopic (exact) mass is 585 g/mol. The first-order chi connectivity index (χ1) is 19.9. The number of nitrogens with zero attached hydrogens (tertiary/aromatic N) is 2. The average Bonchev–Trinajstić information content (AvgIpc) is 3.62. The van der Waals surface area contributed by atoms with Crippen molar-refractivity contribution in [3.8, 4) is 0 Å². The Bertz CT molecular complexity index is 1110. The van der Waals surface area contributed by atoms with E-state index in [4.69, 9.17) is 5.73 Å². The van der Waals surface area contributed by atoms with Crippen LogP contribution in [0.3, 0.4) is 0 Å². The van der Waals surface area contributed by atoms with E-state index in [9.17, 15) is 29.1 Å². The van der Waals surface area contributed by atoms with Crippen LogP contribution in [0, 0.1) is 11.8 Å². The van der Waals surface area contributed by atoms with E-state index in [2.05, 4.69) is 10.6 Å². The van der Waals surface area contributed by atoms with Crippen LogP contribution in [0.25, 0.3) is 0 Å². The molecule has 11 nitrogen and oxygen atoms in total. The summed E-state index contributed by atoms with van der Waals surface area (Å²) in [6, 6.07) is 4.80. The van der Waals surface area contributed by atoms with Crippen LogP contribution in [-0.2, 0) is 30.4 Å². The zero-order chi connectivity index (χ0) is 31.0. The third-order valence-electron chi connectivity index (χ3n) is 7.94. The maximum absolute atomic E-state index is 13.8. The molecule has 2 heterocycles. The molecule has 2 aliphatic rings. The molecule has 1 aromatic carbocycles. The lowest BCUT2D eigenvalue weighted by Gasteiger charge is -2.33. The molecule has 0 radical (unpaired) electrons.